The van der Waals surface area contributed by atoms with Gasteiger partial charge in [0.25, 0.3) is 0 Å². The lowest BCUT2D eigenvalue weighted by Gasteiger charge is -2.00. The molecule has 0 saturated carbocycles. The first-order valence-corrected chi connectivity index (χ1v) is 5.50. The molecule has 72 valence electrons. The van der Waals surface area contributed by atoms with Gasteiger partial charge in [-0.25, -0.2) is 0 Å². The number of aryl methyl sites for hydroxylation is 2. The van der Waals surface area contributed by atoms with Gasteiger partial charge in [-0.1, -0.05) is 28.1 Å². The van der Waals surface area contributed by atoms with E-state index in [9.17, 15) is 0 Å². The molecule has 14 heavy (non-hydrogen) atoms. The summed E-state index contributed by atoms with van der Waals surface area (Å²) in [7, 11) is 0. The summed E-state index contributed by atoms with van der Waals surface area (Å²) >= 11 is 3.47. The molecule has 1 N–H and O–H groups in total. The maximum absolute atomic E-state index is 3.47. The van der Waals surface area contributed by atoms with E-state index < -0.39 is 0 Å². The lowest BCUT2D eigenvalue weighted by Crippen LogP contribution is -1.89. The Kier molecular flexibility index (Phi) is 3.04. The van der Waals surface area contributed by atoms with E-state index in [0.717, 1.165) is 17.3 Å². The van der Waals surface area contributed by atoms with Crippen molar-refractivity contribution < 1.29 is 0 Å². The van der Waals surface area contributed by atoms with Crippen LogP contribution in [0.2, 0.25) is 0 Å². The third-order valence-corrected chi connectivity index (χ3v) is 2.75. The van der Waals surface area contributed by atoms with Crippen LogP contribution in [0.3, 0.4) is 0 Å². The largest absolute Gasteiger partial charge is 0.367 e. The molecule has 1 nitrogen and oxygen atoms in total. The molecular weight excluding hydrogens is 238 g/mol. The van der Waals surface area contributed by atoms with E-state index >= 15 is 0 Å². The predicted molar refractivity (Wildman–Crippen MR) is 62.3 cm³/mol. The third kappa shape index (κ3) is 2.48. The summed E-state index contributed by atoms with van der Waals surface area (Å²) in [5, 5.41) is 0. The second kappa shape index (κ2) is 4.47. The van der Waals surface area contributed by atoms with Crippen molar-refractivity contribution in [3.05, 3.63) is 58.3 Å². The molecular formula is C12H12BrN. The summed E-state index contributed by atoms with van der Waals surface area (Å²) in [6.07, 6.45) is 6.21. The summed E-state index contributed by atoms with van der Waals surface area (Å²) < 4.78 is 1.16. The first-order chi connectivity index (χ1) is 6.84. The van der Waals surface area contributed by atoms with E-state index in [0.29, 0.717) is 0 Å². The molecule has 1 aromatic carbocycles. The van der Waals surface area contributed by atoms with Crippen molar-refractivity contribution in [2.45, 2.75) is 12.8 Å². The van der Waals surface area contributed by atoms with Crippen LogP contribution in [0, 0.1) is 0 Å². The molecule has 0 unspecified atom stereocenters. The molecule has 1 aromatic heterocycles. The molecule has 0 amide bonds. The molecule has 0 spiro atoms. The molecule has 2 heteroatoms. The fraction of sp³-hybridized carbons (Fsp3) is 0.167. The molecule has 0 aliphatic heterocycles. The Balaban J connectivity index is 1.98. The minimum absolute atomic E-state index is 1.09. The zero-order valence-electron chi connectivity index (χ0n) is 7.83. The van der Waals surface area contributed by atoms with Crippen LogP contribution < -0.4 is 0 Å². The van der Waals surface area contributed by atoms with Crippen LogP contribution in [0.4, 0.5) is 0 Å². The summed E-state index contributed by atoms with van der Waals surface area (Å²) in [5.74, 6) is 0. The maximum atomic E-state index is 3.47. The van der Waals surface area contributed by atoms with Gasteiger partial charge in [0.2, 0.25) is 0 Å². The number of rotatable bonds is 3. The average Bonchev–Trinajstić information content (AvgIpc) is 2.67. The summed E-state index contributed by atoms with van der Waals surface area (Å²) in [6, 6.07) is 10.6. The number of nitrogens with one attached hydrogen (secondary N) is 1. The van der Waals surface area contributed by atoms with E-state index in [-0.39, 0.29) is 0 Å². The summed E-state index contributed by atoms with van der Waals surface area (Å²) in [6.45, 7) is 0. The van der Waals surface area contributed by atoms with Crippen molar-refractivity contribution in [3.63, 3.8) is 0 Å². The van der Waals surface area contributed by atoms with E-state index in [1.54, 1.807) is 0 Å². The SMILES string of the molecule is Brc1cccc(CCc2cc[nH]c2)c1. The van der Waals surface area contributed by atoms with Crippen molar-refractivity contribution >= 4 is 15.9 Å². The number of aromatic nitrogens is 1. The van der Waals surface area contributed by atoms with Crippen LogP contribution >= 0.6 is 15.9 Å². The second-order valence-electron chi connectivity index (χ2n) is 3.35. The Morgan fingerprint density at radius 1 is 1.07 bits per heavy atom. The highest BCUT2D eigenvalue weighted by atomic mass is 79.9. The van der Waals surface area contributed by atoms with Gasteiger partial charge in [-0.3, -0.25) is 0 Å². The number of hydrogen-bond acceptors (Lipinski definition) is 0. The van der Waals surface area contributed by atoms with Crippen LogP contribution in [0.25, 0.3) is 0 Å². The normalized spacial score (nSPS) is 10.4. The van der Waals surface area contributed by atoms with Crippen LogP contribution in [-0.4, -0.2) is 4.98 Å². The summed E-state index contributed by atoms with van der Waals surface area (Å²) in [4.78, 5) is 3.07. The highest BCUT2D eigenvalue weighted by molar-refractivity contribution is 9.10. The highest BCUT2D eigenvalue weighted by Crippen LogP contribution is 2.13. The Labute approximate surface area is 92.3 Å². The van der Waals surface area contributed by atoms with Gasteiger partial charge >= 0.3 is 0 Å². The minimum atomic E-state index is 1.09. The number of H-pyrrole nitrogens is 1. The van der Waals surface area contributed by atoms with E-state index in [1.165, 1.54) is 11.1 Å². The summed E-state index contributed by atoms with van der Waals surface area (Å²) in [5.41, 5.74) is 2.74. The maximum Gasteiger partial charge on any atom is 0.0177 e. The minimum Gasteiger partial charge on any atom is -0.367 e. The molecule has 2 rings (SSSR count). The van der Waals surface area contributed by atoms with Crippen molar-refractivity contribution in [3.8, 4) is 0 Å². The van der Waals surface area contributed by atoms with Gasteiger partial charge in [-0.05, 0) is 42.2 Å². The fourth-order valence-electron chi connectivity index (χ4n) is 1.50. The van der Waals surface area contributed by atoms with Gasteiger partial charge in [-0.2, -0.15) is 0 Å². The number of halogens is 1. The molecule has 0 fully saturated rings. The zero-order chi connectivity index (χ0) is 9.80. The fourth-order valence-corrected chi connectivity index (χ4v) is 1.94. The first kappa shape index (κ1) is 9.53. The Bertz CT molecular complexity index is 392. The monoisotopic (exact) mass is 249 g/mol. The molecule has 2 aromatic rings. The van der Waals surface area contributed by atoms with Gasteiger partial charge in [0.05, 0.1) is 0 Å². The van der Waals surface area contributed by atoms with Gasteiger partial charge in [0, 0.05) is 16.9 Å². The Morgan fingerprint density at radius 2 is 1.93 bits per heavy atom. The van der Waals surface area contributed by atoms with Gasteiger partial charge in [-0.15, -0.1) is 0 Å². The van der Waals surface area contributed by atoms with Crippen LogP contribution in [0.15, 0.2) is 47.2 Å². The second-order valence-corrected chi connectivity index (χ2v) is 4.26. The van der Waals surface area contributed by atoms with Crippen molar-refractivity contribution in [2.24, 2.45) is 0 Å². The van der Waals surface area contributed by atoms with Gasteiger partial charge in [0.1, 0.15) is 0 Å². The molecule has 0 bridgehead atoms. The highest BCUT2D eigenvalue weighted by Gasteiger charge is 1.96. The predicted octanol–water partition coefficient (Wildman–Crippen LogP) is 3.56. The molecule has 0 aliphatic rings. The molecule has 0 atom stereocenters. The molecule has 0 aliphatic carbocycles. The van der Waals surface area contributed by atoms with Crippen molar-refractivity contribution in [1.82, 2.24) is 4.98 Å². The number of hydrogen-bond donors (Lipinski definition) is 1. The van der Waals surface area contributed by atoms with Crippen LogP contribution in [0.1, 0.15) is 11.1 Å². The van der Waals surface area contributed by atoms with E-state index in [2.05, 4.69) is 57.4 Å². The smallest absolute Gasteiger partial charge is 0.0177 e. The lowest BCUT2D eigenvalue weighted by molar-refractivity contribution is 0.961. The average molecular weight is 250 g/mol. The standard InChI is InChI=1S/C12H12BrN/c13-12-3-1-2-10(8-12)4-5-11-6-7-14-9-11/h1-3,6-9,14H,4-5H2. The number of aromatic amines is 1. The first-order valence-electron chi connectivity index (χ1n) is 4.71. The van der Waals surface area contributed by atoms with Crippen LogP contribution in [0.5, 0.6) is 0 Å². The van der Waals surface area contributed by atoms with Gasteiger partial charge in [0.15, 0.2) is 0 Å². The van der Waals surface area contributed by atoms with Crippen LogP contribution in [-0.2, 0) is 12.8 Å². The topological polar surface area (TPSA) is 15.8 Å². The quantitative estimate of drug-likeness (QED) is 0.857. The lowest BCUT2D eigenvalue weighted by atomic mass is 10.1. The van der Waals surface area contributed by atoms with E-state index in [1.807, 2.05) is 6.20 Å². The number of benzene rings is 1. The van der Waals surface area contributed by atoms with Crippen molar-refractivity contribution in [2.75, 3.05) is 0 Å². The Morgan fingerprint density at radius 3 is 2.64 bits per heavy atom. The Hall–Kier alpha value is -1.02. The molecule has 0 saturated heterocycles. The van der Waals surface area contributed by atoms with E-state index in [4.69, 9.17) is 0 Å². The molecule has 0 radical (unpaired) electrons. The van der Waals surface area contributed by atoms with Crippen molar-refractivity contribution in [1.29, 1.82) is 0 Å². The van der Waals surface area contributed by atoms with Gasteiger partial charge < -0.3 is 4.98 Å². The third-order valence-electron chi connectivity index (χ3n) is 2.25. The zero-order valence-corrected chi connectivity index (χ0v) is 9.42. The molecule has 1 heterocycles.